The van der Waals surface area contributed by atoms with Gasteiger partial charge in [0.05, 0.1) is 0 Å². The van der Waals surface area contributed by atoms with Crippen LogP contribution in [0.2, 0.25) is 5.02 Å². The molecule has 1 saturated carbocycles. The van der Waals surface area contributed by atoms with E-state index in [0.717, 1.165) is 12.7 Å². The predicted octanol–water partition coefficient (Wildman–Crippen LogP) is 2.14. The van der Waals surface area contributed by atoms with Gasteiger partial charge in [-0.3, -0.25) is 0 Å². The first-order valence-corrected chi connectivity index (χ1v) is 4.54. The van der Waals surface area contributed by atoms with E-state index in [1.54, 1.807) is 6.07 Å². The van der Waals surface area contributed by atoms with Gasteiger partial charge in [-0.05, 0) is 42.5 Å². The van der Waals surface area contributed by atoms with E-state index in [0.29, 0.717) is 10.9 Å². The van der Waals surface area contributed by atoms with Gasteiger partial charge in [-0.1, -0.05) is 11.6 Å². The molecule has 3 N–H and O–H groups in total. The molecule has 2 nitrogen and oxygen atoms in total. The zero-order valence-corrected chi connectivity index (χ0v) is 13.3. The fraction of sp³-hybridized carbons (Fsp3) is 0.400. The van der Waals surface area contributed by atoms with Crippen molar-refractivity contribution in [3.8, 4) is 0 Å². The fourth-order valence-electron chi connectivity index (χ4n) is 1.23. The van der Waals surface area contributed by atoms with Gasteiger partial charge >= 0.3 is 0 Å². The van der Waals surface area contributed by atoms with Gasteiger partial charge in [-0.25, -0.2) is 4.39 Å². The van der Waals surface area contributed by atoms with Crippen molar-refractivity contribution in [3.63, 3.8) is 0 Å². The van der Waals surface area contributed by atoms with Crippen LogP contribution in [0.4, 0.5) is 4.39 Å². The summed E-state index contributed by atoms with van der Waals surface area (Å²) in [7, 11) is 1.00. The number of benzene rings is 1. The first-order chi connectivity index (χ1) is 6.25. The summed E-state index contributed by atoms with van der Waals surface area (Å²) in [6, 6.07) is 4.76. The van der Waals surface area contributed by atoms with Gasteiger partial charge in [0.2, 0.25) is 0 Å². The first kappa shape index (κ1) is 17.8. The third-order valence-corrected chi connectivity index (χ3v) is 2.15. The molecule has 0 amide bonds. The van der Waals surface area contributed by atoms with Crippen LogP contribution in [-0.2, 0) is 0 Å². The Morgan fingerprint density at radius 1 is 1.27 bits per heavy atom. The summed E-state index contributed by atoms with van der Waals surface area (Å²) in [5.74, 6) is 0.350. The second-order valence-electron chi connectivity index (χ2n) is 2.98. The second-order valence-corrected chi connectivity index (χ2v) is 3.41. The average molecular weight is 459 g/mol. The number of aliphatic hydroxyl groups is 1. The molecule has 5 heteroatoms. The number of aliphatic hydroxyl groups excluding tert-OH is 1. The van der Waals surface area contributed by atoms with E-state index in [9.17, 15) is 4.39 Å². The van der Waals surface area contributed by atoms with Crippen LogP contribution in [-0.4, -0.2) is 17.7 Å². The van der Waals surface area contributed by atoms with Gasteiger partial charge in [0, 0.05) is 43.2 Å². The van der Waals surface area contributed by atoms with E-state index in [1.807, 2.05) is 6.07 Å². The first-order valence-electron chi connectivity index (χ1n) is 4.16. The number of hydrogen-bond acceptors (Lipinski definition) is 1. The van der Waals surface area contributed by atoms with Crippen LogP contribution in [0.25, 0.3) is 0 Å². The standard InChI is InChI=1S/C9H8ClF.CH4O.H2O.U/c10-8-3-7(6-1-2-6)4-9(11)5-8;1-2;;/h3-6H,1-2H2;2H,1H3;1H2;. The summed E-state index contributed by atoms with van der Waals surface area (Å²) >= 11 is 5.68. The number of halogens is 2. The fourth-order valence-corrected chi connectivity index (χ4v) is 1.46. The van der Waals surface area contributed by atoms with Crippen molar-refractivity contribution in [1.82, 2.24) is 0 Å². The normalized spacial score (nSPS) is 12.8. The van der Waals surface area contributed by atoms with Gasteiger partial charge in [0.25, 0.3) is 0 Å². The van der Waals surface area contributed by atoms with Gasteiger partial charge in [-0.2, -0.15) is 0 Å². The summed E-state index contributed by atoms with van der Waals surface area (Å²) in [4.78, 5) is 0. The minimum Gasteiger partial charge on any atom is -0.412 e. The van der Waals surface area contributed by atoms with E-state index in [4.69, 9.17) is 16.7 Å². The van der Waals surface area contributed by atoms with Crippen LogP contribution in [0.15, 0.2) is 18.2 Å². The molecule has 84 valence electrons. The summed E-state index contributed by atoms with van der Waals surface area (Å²) in [5.41, 5.74) is 1.05. The van der Waals surface area contributed by atoms with Crippen LogP contribution in [0.5, 0.6) is 0 Å². The third-order valence-electron chi connectivity index (χ3n) is 1.93. The zero-order chi connectivity index (χ0) is 9.84. The van der Waals surface area contributed by atoms with E-state index in [-0.39, 0.29) is 42.4 Å². The van der Waals surface area contributed by atoms with E-state index in [1.165, 1.54) is 18.9 Å². The quantitative estimate of drug-likeness (QED) is 0.689. The van der Waals surface area contributed by atoms with Gasteiger partial charge in [0.15, 0.2) is 0 Å². The molecule has 0 radical (unpaired) electrons. The van der Waals surface area contributed by atoms with Crippen molar-refractivity contribution >= 4 is 11.6 Å². The smallest absolute Gasteiger partial charge is 0.124 e. The average Bonchev–Trinajstić information content (AvgIpc) is 2.88. The third kappa shape index (κ3) is 5.89. The molecule has 0 spiro atoms. The summed E-state index contributed by atoms with van der Waals surface area (Å²) in [6.07, 6.45) is 2.36. The van der Waals surface area contributed by atoms with Crippen LogP contribution >= 0.6 is 11.6 Å². The molecule has 1 fully saturated rings. The van der Waals surface area contributed by atoms with Crippen LogP contribution in [0.3, 0.4) is 0 Å². The summed E-state index contributed by atoms with van der Waals surface area (Å²) in [6.45, 7) is 0. The Bertz CT molecular complexity index is 273. The Morgan fingerprint density at radius 3 is 2.20 bits per heavy atom. The van der Waals surface area contributed by atoms with Crippen molar-refractivity contribution in [1.29, 1.82) is 0 Å². The second kappa shape index (κ2) is 8.55. The van der Waals surface area contributed by atoms with Crippen LogP contribution < -0.4 is 0 Å². The molecule has 2 rings (SSSR count). The van der Waals surface area contributed by atoms with Crippen molar-refractivity contribution in [2.24, 2.45) is 0 Å². The minimum atomic E-state index is -0.223. The van der Waals surface area contributed by atoms with Gasteiger partial charge in [-0.15, -0.1) is 0 Å². The van der Waals surface area contributed by atoms with Gasteiger partial charge in [0.1, 0.15) is 5.82 Å². The van der Waals surface area contributed by atoms with Crippen molar-refractivity contribution in [3.05, 3.63) is 34.6 Å². The van der Waals surface area contributed by atoms with Crippen molar-refractivity contribution < 1.29 is 46.1 Å². The molecule has 0 heterocycles. The van der Waals surface area contributed by atoms with E-state index in [2.05, 4.69) is 0 Å². The zero-order valence-electron chi connectivity index (χ0n) is 8.43. The Kier molecular flexibility index (Phi) is 10.1. The molecule has 0 aromatic heterocycles. The van der Waals surface area contributed by atoms with Crippen LogP contribution in [0, 0.1) is 36.9 Å². The number of hydrogen-bond donors (Lipinski definition) is 1. The Hall–Kier alpha value is 0.412. The molecule has 0 atom stereocenters. The molecule has 1 aliphatic rings. The predicted molar refractivity (Wildman–Crippen MR) is 55.1 cm³/mol. The maximum Gasteiger partial charge on any atom is 0.124 e. The molecular formula is C10H14ClFO2U. The largest absolute Gasteiger partial charge is 0.412 e. The topological polar surface area (TPSA) is 51.7 Å². The summed E-state index contributed by atoms with van der Waals surface area (Å²) in [5, 5.41) is 7.51. The van der Waals surface area contributed by atoms with E-state index < -0.39 is 0 Å². The SMILES string of the molecule is CO.Fc1cc(Cl)cc(C2CC2)c1.O.[U]. The molecule has 1 aromatic carbocycles. The van der Waals surface area contributed by atoms with Crippen LogP contribution in [0.1, 0.15) is 24.3 Å². The van der Waals surface area contributed by atoms with Gasteiger partial charge < -0.3 is 10.6 Å². The Morgan fingerprint density at radius 2 is 1.80 bits per heavy atom. The molecule has 0 saturated heterocycles. The molecule has 15 heavy (non-hydrogen) atoms. The Labute approximate surface area is 118 Å². The molecule has 0 aliphatic heterocycles. The minimum absolute atomic E-state index is 0. The molecule has 0 unspecified atom stereocenters. The Balaban J connectivity index is 0. The van der Waals surface area contributed by atoms with E-state index >= 15 is 0 Å². The monoisotopic (exact) mass is 458 g/mol. The number of rotatable bonds is 1. The molecule has 1 aromatic rings. The van der Waals surface area contributed by atoms with Crippen molar-refractivity contribution in [2.45, 2.75) is 18.8 Å². The molecule has 1 aliphatic carbocycles. The maximum absolute atomic E-state index is 12.7. The molecular weight excluding hydrogens is 445 g/mol. The maximum atomic E-state index is 12.7. The molecule has 0 bridgehead atoms. The summed E-state index contributed by atoms with van der Waals surface area (Å²) < 4.78 is 12.7. The van der Waals surface area contributed by atoms with Crippen molar-refractivity contribution in [2.75, 3.05) is 7.11 Å².